The van der Waals surface area contributed by atoms with Crippen molar-refractivity contribution in [3.63, 3.8) is 0 Å². The second-order valence-corrected chi connectivity index (χ2v) is 6.16. The molecule has 0 atom stereocenters. The molecule has 1 amide bonds. The van der Waals surface area contributed by atoms with Gasteiger partial charge in [0.2, 0.25) is 5.91 Å². The lowest BCUT2D eigenvalue weighted by molar-refractivity contribution is -0.137. The van der Waals surface area contributed by atoms with Crippen molar-refractivity contribution < 1.29 is 18.0 Å². The smallest absolute Gasteiger partial charge is 0.357 e. The molecule has 0 saturated carbocycles. The summed E-state index contributed by atoms with van der Waals surface area (Å²) >= 11 is 4.97. The molecule has 4 nitrogen and oxygen atoms in total. The van der Waals surface area contributed by atoms with E-state index in [0.29, 0.717) is 0 Å². The van der Waals surface area contributed by atoms with E-state index in [-0.39, 0.29) is 22.6 Å². The fourth-order valence-corrected chi connectivity index (χ4v) is 1.94. The maximum absolute atomic E-state index is 12.6. The normalized spacial score (nSPS) is 11.7. The molecule has 0 heterocycles. The van der Waals surface area contributed by atoms with Crippen molar-refractivity contribution >= 4 is 23.2 Å². The first-order valence-electron chi connectivity index (χ1n) is 6.50. The molecule has 0 fully saturated rings. The standard InChI is InChI=1S/C14H18F3N3OS/c1-13(2,3)18-12(22)20-19-11(21)8-9-5-4-6-10(7-9)14(15,16)17/h4-7H,8H2,1-3H3,(H,19,21)(H2,18,20,22). The highest BCUT2D eigenvalue weighted by molar-refractivity contribution is 7.80. The zero-order valence-electron chi connectivity index (χ0n) is 12.5. The third-order valence-corrected chi connectivity index (χ3v) is 2.63. The second kappa shape index (κ2) is 6.95. The number of rotatable bonds is 2. The first-order chi connectivity index (χ1) is 9.97. The Bertz CT molecular complexity index is 553. The van der Waals surface area contributed by atoms with Crippen molar-refractivity contribution in [1.82, 2.24) is 16.2 Å². The van der Waals surface area contributed by atoms with Crippen molar-refractivity contribution in [3.8, 4) is 0 Å². The van der Waals surface area contributed by atoms with E-state index in [1.165, 1.54) is 12.1 Å². The average Bonchev–Trinajstić information content (AvgIpc) is 2.34. The van der Waals surface area contributed by atoms with Crippen molar-refractivity contribution in [2.75, 3.05) is 0 Å². The summed E-state index contributed by atoms with van der Waals surface area (Å²) in [5.41, 5.74) is 4.06. The van der Waals surface area contributed by atoms with Crippen molar-refractivity contribution in [1.29, 1.82) is 0 Å². The molecule has 0 aliphatic rings. The van der Waals surface area contributed by atoms with E-state index < -0.39 is 17.6 Å². The number of halogens is 3. The number of amides is 1. The van der Waals surface area contributed by atoms with Gasteiger partial charge in [-0.15, -0.1) is 0 Å². The lowest BCUT2D eigenvalue weighted by atomic mass is 10.1. The van der Waals surface area contributed by atoms with Gasteiger partial charge in [-0.1, -0.05) is 18.2 Å². The molecule has 0 saturated heterocycles. The number of hydrogen-bond donors (Lipinski definition) is 3. The maximum atomic E-state index is 12.6. The maximum Gasteiger partial charge on any atom is 0.416 e. The Hall–Kier alpha value is -1.83. The van der Waals surface area contributed by atoms with Gasteiger partial charge in [-0.3, -0.25) is 15.6 Å². The number of nitrogens with one attached hydrogen (secondary N) is 3. The fourth-order valence-electron chi connectivity index (χ4n) is 1.59. The summed E-state index contributed by atoms with van der Waals surface area (Å²) in [6.07, 6.45) is -4.61. The summed E-state index contributed by atoms with van der Waals surface area (Å²) in [6.45, 7) is 5.68. The number of hydrazine groups is 1. The van der Waals surface area contributed by atoms with E-state index in [1.807, 2.05) is 20.8 Å². The molecule has 0 unspecified atom stereocenters. The van der Waals surface area contributed by atoms with Crippen LogP contribution in [0.2, 0.25) is 0 Å². The van der Waals surface area contributed by atoms with Gasteiger partial charge in [0.15, 0.2) is 5.11 Å². The van der Waals surface area contributed by atoms with Crippen LogP contribution in [0.5, 0.6) is 0 Å². The minimum absolute atomic E-state index is 0.185. The van der Waals surface area contributed by atoms with Crippen LogP contribution in [-0.4, -0.2) is 16.6 Å². The Labute approximate surface area is 132 Å². The van der Waals surface area contributed by atoms with Gasteiger partial charge in [0.05, 0.1) is 12.0 Å². The highest BCUT2D eigenvalue weighted by atomic mass is 32.1. The minimum atomic E-state index is -4.43. The zero-order chi connectivity index (χ0) is 17.0. The molecule has 1 rings (SSSR count). The first-order valence-corrected chi connectivity index (χ1v) is 6.91. The van der Waals surface area contributed by atoms with E-state index in [1.54, 1.807) is 0 Å². The Kier molecular flexibility index (Phi) is 5.76. The van der Waals surface area contributed by atoms with E-state index in [0.717, 1.165) is 12.1 Å². The third-order valence-electron chi connectivity index (χ3n) is 2.42. The van der Waals surface area contributed by atoms with Gasteiger partial charge in [0.1, 0.15) is 0 Å². The summed E-state index contributed by atoms with van der Waals surface area (Å²) in [7, 11) is 0. The average molecular weight is 333 g/mol. The Morgan fingerprint density at radius 2 is 1.82 bits per heavy atom. The number of carbonyl (C=O) groups excluding carboxylic acids is 1. The van der Waals surface area contributed by atoms with Crippen LogP contribution in [0.3, 0.4) is 0 Å². The SMILES string of the molecule is CC(C)(C)NC(=S)NNC(=O)Cc1cccc(C(F)(F)F)c1. The molecule has 0 bridgehead atoms. The molecule has 0 radical (unpaired) electrons. The van der Waals surface area contributed by atoms with Crippen LogP contribution in [-0.2, 0) is 17.4 Å². The van der Waals surface area contributed by atoms with Crippen LogP contribution in [0.1, 0.15) is 31.9 Å². The van der Waals surface area contributed by atoms with Gasteiger partial charge in [0.25, 0.3) is 0 Å². The Balaban J connectivity index is 2.54. The monoisotopic (exact) mass is 333 g/mol. The highest BCUT2D eigenvalue weighted by Gasteiger charge is 2.30. The number of benzene rings is 1. The molecule has 22 heavy (non-hydrogen) atoms. The summed E-state index contributed by atoms with van der Waals surface area (Å²) in [5.74, 6) is -0.489. The molecule has 0 aliphatic heterocycles. The van der Waals surface area contributed by atoms with Crippen molar-refractivity contribution in [2.45, 2.75) is 38.9 Å². The van der Waals surface area contributed by atoms with Gasteiger partial charge in [-0.2, -0.15) is 13.2 Å². The Morgan fingerprint density at radius 3 is 2.36 bits per heavy atom. The predicted octanol–water partition coefficient (Wildman–Crippen LogP) is 2.54. The predicted molar refractivity (Wildman–Crippen MR) is 81.9 cm³/mol. The summed E-state index contributed by atoms with van der Waals surface area (Å²) in [4.78, 5) is 11.7. The highest BCUT2D eigenvalue weighted by Crippen LogP contribution is 2.29. The topological polar surface area (TPSA) is 53.2 Å². The van der Waals surface area contributed by atoms with Gasteiger partial charge >= 0.3 is 6.18 Å². The van der Waals surface area contributed by atoms with Crippen molar-refractivity contribution in [2.24, 2.45) is 0 Å². The molecular weight excluding hydrogens is 315 g/mol. The van der Waals surface area contributed by atoms with E-state index >= 15 is 0 Å². The van der Waals surface area contributed by atoms with Gasteiger partial charge in [-0.05, 0) is 44.6 Å². The van der Waals surface area contributed by atoms with Crippen LogP contribution in [0.15, 0.2) is 24.3 Å². The summed E-state index contributed by atoms with van der Waals surface area (Å²) in [5, 5.41) is 3.15. The number of carbonyl (C=O) groups is 1. The minimum Gasteiger partial charge on any atom is -0.357 e. The Morgan fingerprint density at radius 1 is 1.18 bits per heavy atom. The summed E-state index contributed by atoms with van der Waals surface area (Å²) < 4.78 is 37.7. The lowest BCUT2D eigenvalue weighted by Gasteiger charge is -2.23. The van der Waals surface area contributed by atoms with E-state index in [4.69, 9.17) is 12.2 Å². The zero-order valence-corrected chi connectivity index (χ0v) is 13.3. The van der Waals surface area contributed by atoms with Crippen LogP contribution >= 0.6 is 12.2 Å². The molecule has 3 N–H and O–H groups in total. The van der Waals surface area contributed by atoms with Crippen LogP contribution in [0, 0.1) is 0 Å². The quantitative estimate of drug-likeness (QED) is 0.575. The largest absolute Gasteiger partial charge is 0.416 e. The van der Waals surface area contributed by atoms with Crippen LogP contribution in [0.4, 0.5) is 13.2 Å². The van der Waals surface area contributed by atoms with Crippen LogP contribution < -0.4 is 16.2 Å². The molecule has 0 aliphatic carbocycles. The second-order valence-electron chi connectivity index (χ2n) is 5.75. The first kappa shape index (κ1) is 18.2. The molecule has 0 aromatic heterocycles. The molecular formula is C14H18F3N3OS. The van der Waals surface area contributed by atoms with Gasteiger partial charge < -0.3 is 5.32 Å². The van der Waals surface area contributed by atoms with Crippen molar-refractivity contribution in [3.05, 3.63) is 35.4 Å². The number of hydrogen-bond acceptors (Lipinski definition) is 2. The molecule has 1 aromatic rings. The van der Waals surface area contributed by atoms with E-state index in [9.17, 15) is 18.0 Å². The number of alkyl halides is 3. The molecule has 122 valence electrons. The summed E-state index contributed by atoms with van der Waals surface area (Å²) in [6, 6.07) is 4.64. The van der Waals surface area contributed by atoms with Gasteiger partial charge in [0, 0.05) is 5.54 Å². The lowest BCUT2D eigenvalue weighted by Crippen LogP contribution is -2.52. The van der Waals surface area contributed by atoms with Crippen LogP contribution in [0.25, 0.3) is 0 Å². The molecule has 8 heteroatoms. The fraction of sp³-hybridized carbons (Fsp3) is 0.429. The van der Waals surface area contributed by atoms with Gasteiger partial charge in [-0.25, -0.2) is 0 Å². The number of thiocarbonyl (C=S) groups is 1. The van der Waals surface area contributed by atoms with E-state index in [2.05, 4.69) is 16.2 Å². The molecule has 0 spiro atoms. The molecule has 1 aromatic carbocycles. The third kappa shape index (κ3) is 6.75.